The topological polar surface area (TPSA) is 43.8 Å². The van der Waals surface area contributed by atoms with Crippen LogP contribution in [0.5, 0.6) is 0 Å². The Hall–Kier alpha value is -0.610. The van der Waals surface area contributed by atoms with Crippen LogP contribution in [0.15, 0.2) is 0 Å². The lowest BCUT2D eigenvalue weighted by Gasteiger charge is -2.20. The Bertz CT molecular complexity index is 270. The third-order valence-corrected chi connectivity index (χ3v) is 3.84. The van der Waals surface area contributed by atoms with Gasteiger partial charge in [-0.1, -0.05) is 0 Å². The van der Waals surface area contributed by atoms with Crippen LogP contribution < -0.4 is 0 Å². The molecule has 3 atom stereocenters. The fourth-order valence-corrected chi connectivity index (χ4v) is 2.84. The van der Waals surface area contributed by atoms with Gasteiger partial charge < -0.3 is 14.9 Å². The van der Waals surface area contributed by atoms with E-state index in [0.717, 1.165) is 25.4 Å². The van der Waals surface area contributed by atoms with Crippen LogP contribution >= 0.6 is 0 Å². The lowest BCUT2D eigenvalue weighted by molar-refractivity contribution is -0.138. The Morgan fingerprint density at radius 3 is 2.75 bits per heavy atom. The van der Waals surface area contributed by atoms with Crippen molar-refractivity contribution in [2.75, 3.05) is 40.3 Å². The summed E-state index contributed by atoms with van der Waals surface area (Å²) in [4.78, 5) is 15.4. The number of hydrogen-bond donors (Lipinski definition) is 1. The minimum absolute atomic E-state index is 0.0614. The summed E-state index contributed by atoms with van der Waals surface area (Å²) in [6.45, 7) is 4.47. The van der Waals surface area contributed by atoms with E-state index in [1.165, 1.54) is 19.5 Å². The molecule has 4 heteroatoms. The summed E-state index contributed by atoms with van der Waals surface area (Å²) in [5.74, 6) is 0.506. The summed E-state index contributed by atoms with van der Waals surface area (Å²) in [7, 11) is 4.29. The molecule has 2 fully saturated rings. The van der Waals surface area contributed by atoms with Gasteiger partial charge in [0.1, 0.15) is 0 Å². The minimum atomic E-state index is -0.612. The Balaban J connectivity index is 1.65. The summed E-state index contributed by atoms with van der Waals surface area (Å²) in [6.07, 6.45) is 2.16. The zero-order chi connectivity index (χ0) is 11.7. The van der Waals surface area contributed by atoms with Crippen molar-refractivity contribution in [1.82, 2.24) is 9.80 Å². The molecule has 2 aliphatic rings. The average Bonchev–Trinajstić information content (AvgIpc) is 2.83. The first-order chi connectivity index (χ1) is 7.56. The van der Waals surface area contributed by atoms with Crippen LogP contribution in [0.2, 0.25) is 0 Å². The Morgan fingerprint density at radius 2 is 2.25 bits per heavy atom. The van der Waals surface area contributed by atoms with Crippen LogP contribution in [0, 0.1) is 17.8 Å². The fraction of sp³-hybridized carbons (Fsp3) is 0.917. The summed E-state index contributed by atoms with van der Waals surface area (Å²) in [6, 6.07) is 0. The molecule has 16 heavy (non-hydrogen) atoms. The second-order valence-corrected chi connectivity index (χ2v) is 5.58. The molecule has 3 unspecified atom stereocenters. The molecule has 1 saturated carbocycles. The average molecular weight is 226 g/mol. The fourth-order valence-electron chi connectivity index (χ4n) is 2.84. The van der Waals surface area contributed by atoms with E-state index in [9.17, 15) is 4.79 Å². The molecule has 1 aliphatic heterocycles. The van der Waals surface area contributed by atoms with Crippen molar-refractivity contribution >= 4 is 5.97 Å². The number of aliphatic carboxylic acids is 1. The maximum absolute atomic E-state index is 10.7. The molecule has 2 rings (SSSR count). The number of rotatable bonds is 5. The largest absolute Gasteiger partial charge is 0.481 e. The third kappa shape index (κ3) is 2.95. The number of likely N-dealkylation sites (tertiary alicyclic amines) is 1. The molecule has 1 N–H and O–H groups in total. The van der Waals surface area contributed by atoms with E-state index in [-0.39, 0.29) is 5.92 Å². The van der Waals surface area contributed by atoms with E-state index in [4.69, 9.17) is 5.11 Å². The molecule has 1 heterocycles. The Kier molecular flexibility index (Phi) is 3.50. The van der Waals surface area contributed by atoms with Gasteiger partial charge in [-0.3, -0.25) is 4.79 Å². The minimum Gasteiger partial charge on any atom is -0.481 e. The molecule has 1 saturated heterocycles. The van der Waals surface area contributed by atoms with Crippen LogP contribution in [-0.4, -0.2) is 61.2 Å². The molecule has 1 aliphatic carbocycles. The van der Waals surface area contributed by atoms with E-state index >= 15 is 0 Å². The molecule has 0 bridgehead atoms. The van der Waals surface area contributed by atoms with E-state index in [1.54, 1.807) is 0 Å². The van der Waals surface area contributed by atoms with Crippen molar-refractivity contribution in [3.05, 3.63) is 0 Å². The van der Waals surface area contributed by atoms with Crippen molar-refractivity contribution in [2.24, 2.45) is 17.8 Å². The quantitative estimate of drug-likeness (QED) is 0.745. The van der Waals surface area contributed by atoms with Crippen molar-refractivity contribution in [1.29, 1.82) is 0 Å². The van der Waals surface area contributed by atoms with Crippen LogP contribution in [-0.2, 0) is 4.79 Å². The highest BCUT2D eigenvalue weighted by molar-refractivity contribution is 5.73. The Labute approximate surface area is 97.2 Å². The molecular weight excluding hydrogens is 204 g/mol. The van der Waals surface area contributed by atoms with Crippen LogP contribution in [0.1, 0.15) is 12.8 Å². The first-order valence-electron chi connectivity index (χ1n) is 6.16. The molecule has 0 aromatic rings. The molecule has 92 valence electrons. The standard InChI is InChI=1S/C12H22N2O2/c1-13-4-3-9(6-13)7-14(2)8-10-5-11(10)12(15)16/h9-11H,3-8H2,1-2H3,(H,15,16). The number of carboxylic acids is 1. The maximum Gasteiger partial charge on any atom is 0.306 e. The molecule has 0 radical (unpaired) electrons. The van der Waals surface area contributed by atoms with Gasteiger partial charge >= 0.3 is 5.97 Å². The predicted molar refractivity (Wildman–Crippen MR) is 62.3 cm³/mol. The summed E-state index contributed by atoms with van der Waals surface area (Å²) in [5, 5.41) is 8.83. The predicted octanol–water partition coefficient (Wildman–Crippen LogP) is 0.591. The van der Waals surface area contributed by atoms with Gasteiger partial charge in [0.15, 0.2) is 0 Å². The van der Waals surface area contributed by atoms with Crippen LogP contribution in [0.4, 0.5) is 0 Å². The van der Waals surface area contributed by atoms with E-state index in [2.05, 4.69) is 23.9 Å². The molecular formula is C12H22N2O2. The van der Waals surface area contributed by atoms with Gasteiger partial charge in [0.2, 0.25) is 0 Å². The summed E-state index contributed by atoms with van der Waals surface area (Å²) >= 11 is 0. The highest BCUT2D eigenvalue weighted by Gasteiger charge is 2.43. The Morgan fingerprint density at radius 1 is 1.50 bits per heavy atom. The van der Waals surface area contributed by atoms with E-state index in [0.29, 0.717) is 5.92 Å². The molecule has 4 nitrogen and oxygen atoms in total. The van der Waals surface area contributed by atoms with Crippen molar-refractivity contribution in [3.63, 3.8) is 0 Å². The van der Waals surface area contributed by atoms with Gasteiger partial charge in [-0.15, -0.1) is 0 Å². The lowest BCUT2D eigenvalue weighted by Crippen LogP contribution is -2.29. The number of hydrogen-bond acceptors (Lipinski definition) is 3. The molecule has 0 amide bonds. The highest BCUT2D eigenvalue weighted by atomic mass is 16.4. The smallest absolute Gasteiger partial charge is 0.306 e. The maximum atomic E-state index is 10.7. The van der Waals surface area contributed by atoms with Crippen molar-refractivity contribution in [3.8, 4) is 0 Å². The zero-order valence-electron chi connectivity index (χ0n) is 10.2. The highest BCUT2D eigenvalue weighted by Crippen LogP contribution is 2.39. The summed E-state index contributed by atoms with van der Waals surface area (Å²) < 4.78 is 0. The van der Waals surface area contributed by atoms with E-state index in [1.807, 2.05) is 0 Å². The van der Waals surface area contributed by atoms with Crippen LogP contribution in [0.25, 0.3) is 0 Å². The van der Waals surface area contributed by atoms with Gasteiger partial charge in [-0.2, -0.15) is 0 Å². The molecule has 0 aromatic carbocycles. The van der Waals surface area contributed by atoms with Crippen LogP contribution in [0.3, 0.4) is 0 Å². The number of carboxylic acid groups (broad SMARTS) is 1. The second kappa shape index (κ2) is 4.72. The summed E-state index contributed by atoms with van der Waals surface area (Å²) in [5.41, 5.74) is 0. The molecule has 0 aromatic heterocycles. The van der Waals surface area contributed by atoms with Gasteiger partial charge in [0.25, 0.3) is 0 Å². The lowest BCUT2D eigenvalue weighted by atomic mass is 10.1. The van der Waals surface area contributed by atoms with Gasteiger partial charge in [-0.05, 0) is 45.3 Å². The van der Waals surface area contributed by atoms with Gasteiger partial charge in [-0.25, -0.2) is 0 Å². The first kappa shape index (κ1) is 11.9. The third-order valence-electron chi connectivity index (χ3n) is 3.84. The first-order valence-corrected chi connectivity index (χ1v) is 6.16. The van der Waals surface area contributed by atoms with Crippen molar-refractivity contribution in [2.45, 2.75) is 12.8 Å². The van der Waals surface area contributed by atoms with Gasteiger partial charge in [0.05, 0.1) is 5.92 Å². The second-order valence-electron chi connectivity index (χ2n) is 5.58. The van der Waals surface area contributed by atoms with Crippen molar-refractivity contribution < 1.29 is 9.90 Å². The zero-order valence-corrected chi connectivity index (χ0v) is 10.2. The van der Waals surface area contributed by atoms with E-state index < -0.39 is 5.97 Å². The normalized spacial score (nSPS) is 34.6. The number of carbonyl (C=O) groups is 1. The molecule has 0 spiro atoms. The number of nitrogens with zero attached hydrogens (tertiary/aromatic N) is 2. The van der Waals surface area contributed by atoms with Gasteiger partial charge in [0, 0.05) is 19.6 Å². The SMILES string of the molecule is CN1CCC(CN(C)CC2CC2C(=O)O)C1. The monoisotopic (exact) mass is 226 g/mol.